The van der Waals surface area contributed by atoms with E-state index in [1.54, 1.807) is 6.07 Å². The zero-order valence-corrected chi connectivity index (χ0v) is 14.1. The van der Waals surface area contributed by atoms with Crippen LogP contribution in [0.4, 0.5) is 10.1 Å². The molecule has 0 aliphatic heterocycles. The van der Waals surface area contributed by atoms with Gasteiger partial charge in [0, 0.05) is 4.88 Å². The number of para-hydroxylation sites is 1. The molecule has 3 rings (SSSR count). The summed E-state index contributed by atoms with van der Waals surface area (Å²) in [6, 6.07) is 7.72. The summed E-state index contributed by atoms with van der Waals surface area (Å²) < 4.78 is 18.8. The molecule has 1 heterocycles. The minimum Gasteiger partial charge on any atom is -0.448 e. The minimum absolute atomic E-state index is 0.0667. The average molecular weight is 347 g/mol. The summed E-state index contributed by atoms with van der Waals surface area (Å²) in [6.07, 6.45) is 3.26. The molecule has 0 radical (unpaired) electrons. The molecule has 0 saturated heterocycles. The largest absolute Gasteiger partial charge is 0.448 e. The molecule has 1 unspecified atom stereocenters. The van der Waals surface area contributed by atoms with Crippen molar-refractivity contribution in [3.63, 3.8) is 0 Å². The van der Waals surface area contributed by atoms with Gasteiger partial charge in [0.1, 0.15) is 10.7 Å². The lowest BCUT2D eigenvalue weighted by molar-refractivity contribution is -0.123. The predicted molar refractivity (Wildman–Crippen MR) is 90.9 cm³/mol. The molecule has 1 N–H and O–H groups in total. The lowest BCUT2D eigenvalue weighted by atomic mass is 9.99. The van der Waals surface area contributed by atoms with E-state index in [2.05, 4.69) is 5.32 Å². The third kappa shape index (κ3) is 3.64. The van der Waals surface area contributed by atoms with Gasteiger partial charge in [-0.3, -0.25) is 4.79 Å². The summed E-state index contributed by atoms with van der Waals surface area (Å²) >= 11 is 1.44. The Labute approximate surface area is 143 Å². The van der Waals surface area contributed by atoms with Crippen LogP contribution in [0.5, 0.6) is 0 Å². The van der Waals surface area contributed by atoms with Crippen molar-refractivity contribution in [1.82, 2.24) is 0 Å². The second-order valence-electron chi connectivity index (χ2n) is 5.78. The number of ether oxygens (including phenoxy) is 1. The third-order valence-electron chi connectivity index (χ3n) is 3.98. The maximum atomic E-state index is 13.6. The van der Waals surface area contributed by atoms with E-state index in [4.69, 9.17) is 4.74 Å². The van der Waals surface area contributed by atoms with Gasteiger partial charge >= 0.3 is 5.97 Å². The third-order valence-corrected chi connectivity index (χ3v) is 5.20. The summed E-state index contributed by atoms with van der Waals surface area (Å²) in [6.45, 7) is 1.47. The molecule has 1 aliphatic carbocycles. The number of carbonyl (C=O) groups excluding carboxylic acids is 2. The van der Waals surface area contributed by atoms with Crippen molar-refractivity contribution < 1.29 is 18.7 Å². The normalized spacial score (nSPS) is 14.6. The Morgan fingerprint density at radius 2 is 2.00 bits per heavy atom. The molecule has 0 saturated carbocycles. The number of esters is 1. The first-order valence-electron chi connectivity index (χ1n) is 7.92. The van der Waals surface area contributed by atoms with Crippen LogP contribution in [0, 0.1) is 5.82 Å². The van der Waals surface area contributed by atoms with Crippen LogP contribution >= 0.6 is 11.3 Å². The average Bonchev–Trinajstić information content (AvgIpc) is 3.01. The summed E-state index contributed by atoms with van der Waals surface area (Å²) in [5, 5.41) is 2.43. The fourth-order valence-corrected chi connectivity index (χ4v) is 3.80. The van der Waals surface area contributed by atoms with Gasteiger partial charge < -0.3 is 10.1 Å². The fraction of sp³-hybridized carbons (Fsp3) is 0.333. The van der Waals surface area contributed by atoms with Crippen molar-refractivity contribution in [1.29, 1.82) is 0 Å². The number of nitrogens with one attached hydrogen (secondary N) is 1. The van der Waals surface area contributed by atoms with Gasteiger partial charge in [-0.25, -0.2) is 9.18 Å². The Bertz CT molecular complexity index is 748. The van der Waals surface area contributed by atoms with Gasteiger partial charge in [-0.1, -0.05) is 12.1 Å². The molecule has 1 atom stereocenters. The standard InChI is InChI=1S/C18H18FNO3S/c1-11(17(21)20-14-8-4-3-7-13(14)19)23-18(22)16-10-12-6-2-5-9-15(12)24-16/h3-4,7-8,10-11H,2,5-6,9H2,1H3,(H,20,21). The van der Waals surface area contributed by atoms with E-state index in [1.807, 2.05) is 6.07 Å². The Morgan fingerprint density at radius 1 is 1.25 bits per heavy atom. The Morgan fingerprint density at radius 3 is 2.75 bits per heavy atom. The second kappa shape index (κ2) is 7.13. The van der Waals surface area contributed by atoms with Crippen LogP contribution in [-0.2, 0) is 22.4 Å². The van der Waals surface area contributed by atoms with E-state index >= 15 is 0 Å². The van der Waals surface area contributed by atoms with Crippen LogP contribution in [-0.4, -0.2) is 18.0 Å². The second-order valence-corrected chi connectivity index (χ2v) is 6.92. The van der Waals surface area contributed by atoms with E-state index in [0.29, 0.717) is 4.88 Å². The minimum atomic E-state index is -1.00. The monoisotopic (exact) mass is 347 g/mol. The molecule has 0 fully saturated rings. The number of benzene rings is 1. The Balaban J connectivity index is 1.62. The molecule has 0 spiro atoms. The maximum absolute atomic E-state index is 13.6. The van der Waals surface area contributed by atoms with E-state index in [-0.39, 0.29) is 5.69 Å². The van der Waals surface area contributed by atoms with E-state index in [0.717, 1.165) is 25.7 Å². The Kier molecular flexibility index (Phi) is 4.94. The highest BCUT2D eigenvalue weighted by molar-refractivity contribution is 7.14. The topological polar surface area (TPSA) is 55.4 Å². The molecule has 2 aromatic rings. The smallest absolute Gasteiger partial charge is 0.349 e. The number of halogens is 1. The number of anilines is 1. The van der Waals surface area contributed by atoms with Crippen LogP contribution < -0.4 is 5.32 Å². The van der Waals surface area contributed by atoms with Crippen molar-refractivity contribution in [2.24, 2.45) is 0 Å². The van der Waals surface area contributed by atoms with E-state index in [9.17, 15) is 14.0 Å². The van der Waals surface area contributed by atoms with Gasteiger partial charge in [-0.15, -0.1) is 11.3 Å². The maximum Gasteiger partial charge on any atom is 0.349 e. The molecule has 1 aromatic carbocycles. The van der Waals surface area contributed by atoms with Crippen LogP contribution in [0.1, 0.15) is 39.9 Å². The van der Waals surface area contributed by atoms with E-state index < -0.39 is 23.8 Å². The fourth-order valence-electron chi connectivity index (χ4n) is 2.66. The van der Waals surface area contributed by atoms with Crippen molar-refractivity contribution in [2.45, 2.75) is 38.7 Å². The van der Waals surface area contributed by atoms with Gasteiger partial charge in [-0.2, -0.15) is 0 Å². The predicted octanol–water partition coefficient (Wildman–Crippen LogP) is 3.95. The molecule has 1 aliphatic rings. The van der Waals surface area contributed by atoms with Crippen LogP contribution in [0.3, 0.4) is 0 Å². The van der Waals surface area contributed by atoms with Gasteiger partial charge in [0.05, 0.1) is 5.69 Å². The molecule has 1 aromatic heterocycles. The molecule has 1 amide bonds. The summed E-state index contributed by atoms with van der Waals surface area (Å²) in [4.78, 5) is 26.1. The highest BCUT2D eigenvalue weighted by Gasteiger charge is 2.23. The first-order valence-corrected chi connectivity index (χ1v) is 8.74. The van der Waals surface area contributed by atoms with Crippen molar-refractivity contribution in [3.8, 4) is 0 Å². The summed E-state index contributed by atoms with van der Waals surface area (Å²) in [5.74, 6) is -1.60. The van der Waals surface area contributed by atoms with Crippen LogP contribution in [0.2, 0.25) is 0 Å². The molecule has 4 nitrogen and oxygen atoms in total. The van der Waals surface area contributed by atoms with Crippen LogP contribution in [0.25, 0.3) is 0 Å². The number of hydrogen-bond acceptors (Lipinski definition) is 4. The number of fused-ring (bicyclic) bond motifs is 1. The number of rotatable bonds is 4. The van der Waals surface area contributed by atoms with Crippen molar-refractivity contribution >= 4 is 28.9 Å². The molecular weight excluding hydrogens is 329 g/mol. The van der Waals surface area contributed by atoms with Crippen LogP contribution in [0.15, 0.2) is 30.3 Å². The first kappa shape index (κ1) is 16.6. The summed E-state index contributed by atoms with van der Waals surface area (Å²) in [7, 11) is 0. The zero-order valence-electron chi connectivity index (χ0n) is 13.3. The molecule has 24 heavy (non-hydrogen) atoms. The van der Waals surface area contributed by atoms with Gasteiger partial charge in [0.2, 0.25) is 0 Å². The first-order chi connectivity index (χ1) is 11.5. The number of aryl methyl sites for hydroxylation is 2. The van der Waals surface area contributed by atoms with E-state index in [1.165, 1.54) is 46.9 Å². The van der Waals surface area contributed by atoms with Gasteiger partial charge in [-0.05, 0) is 56.4 Å². The molecule has 6 heteroatoms. The highest BCUT2D eigenvalue weighted by atomic mass is 32.1. The quantitative estimate of drug-likeness (QED) is 0.852. The molecule has 0 bridgehead atoms. The number of amides is 1. The Hall–Kier alpha value is -2.21. The zero-order chi connectivity index (χ0) is 17.1. The lowest BCUT2D eigenvalue weighted by Gasteiger charge is -2.13. The van der Waals surface area contributed by atoms with Crippen molar-refractivity contribution in [2.75, 3.05) is 5.32 Å². The van der Waals surface area contributed by atoms with Gasteiger partial charge in [0.15, 0.2) is 6.10 Å². The van der Waals surface area contributed by atoms with Gasteiger partial charge in [0.25, 0.3) is 5.91 Å². The van der Waals surface area contributed by atoms with Crippen molar-refractivity contribution in [3.05, 3.63) is 51.5 Å². The molecular formula is C18H18FNO3S. The SMILES string of the molecule is CC(OC(=O)c1cc2c(s1)CCCC2)C(=O)Nc1ccccc1F. The molecule has 126 valence electrons. The number of thiophene rings is 1. The highest BCUT2D eigenvalue weighted by Crippen LogP contribution is 2.30. The summed E-state index contributed by atoms with van der Waals surface area (Å²) in [5.41, 5.74) is 1.28. The lowest BCUT2D eigenvalue weighted by Crippen LogP contribution is -2.30. The number of carbonyl (C=O) groups is 2. The number of hydrogen-bond donors (Lipinski definition) is 1.